The molecule has 122 valence electrons. The molecule has 0 aliphatic heterocycles. The van der Waals surface area contributed by atoms with Crippen molar-refractivity contribution in [2.75, 3.05) is 19.8 Å². The van der Waals surface area contributed by atoms with Crippen LogP contribution >= 0.6 is 0 Å². The van der Waals surface area contributed by atoms with Gasteiger partial charge in [0.15, 0.2) is 0 Å². The zero-order valence-corrected chi connectivity index (χ0v) is 15.1. The Balaban J connectivity index is 3.88. The molecular weight excluding hydrogens is 266 g/mol. The molecule has 0 radical (unpaired) electrons. The molecule has 0 saturated heterocycles. The molecule has 0 rings (SSSR count). The van der Waals surface area contributed by atoms with Gasteiger partial charge in [-0.25, -0.2) is 0 Å². The van der Waals surface area contributed by atoms with E-state index < -0.39 is 8.56 Å². The fourth-order valence-electron chi connectivity index (χ4n) is 2.24. The Morgan fingerprint density at radius 1 is 0.750 bits per heavy atom. The molecule has 0 aromatic heterocycles. The second-order valence-electron chi connectivity index (χ2n) is 5.84. The molecule has 2 N–H and O–H groups in total. The largest absolute Gasteiger partial charge is 0.394 e. The summed E-state index contributed by atoms with van der Waals surface area (Å²) in [5, 5.41) is 0. The van der Waals surface area contributed by atoms with Gasteiger partial charge in [0.1, 0.15) is 0 Å². The second kappa shape index (κ2) is 14.1. The summed E-state index contributed by atoms with van der Waals surface area (Å²) >= 11 is 0. The van der Waals surface area contributed by atoms with E-state index in [9.17, 15) is 0 Å². The van der Waals surface area contributed by atoms with Gasteiger partial charge in [0.05, 0.1) is 0 Å². The summed E-state index contributed by atoms with van der Waals surface area (Å²) in [5.41, 5.74) is 5.64. The Hall–Kier alpha value is 0.0969. The molecule has 0 amide bonds. The number of hydrogen-bond acceptors (Lipinski definition) is 3. The monoisotopic (exact) mass is 303 g/mol. The third-order valence-corrected chi connectivity index (χ3v) is 6.54. The minimum absolute atomic E-state index is 0.737. The topological polar surface area (TPSA) is 44.5 Å². The lowest BCUT2D eigenvalue weighted by Gasteiger charge is -2.27. The molecule has 0 aromatic rings. The minimum Gasteiger partial charge on any atom is -0.394 e. The smallest absolute Gasteiger partial charge is 0.334 e. The maximum Gasteiger partial charge on any atom is 0.334 e. The van der Waals surface area contributed by atoms with Crippen LogP contribution in [0.1, 0.15) is 71.6 Å². The Kier molecular flexibility index (Phi) is 14.1. The molecule has 0 bridgehead atoms. The summed E-state index contributed by atoms with van der Waals surface area (Å²) < 4.78 is 12.3. The molecule has 4 heteroatoms. The minimum atomic E-state index is -1.97. The zero-order valence-electron chi connectivity index (χ0n) is 14.1. The predicted octanol–water partition coefficient (Wildman–Crippen LogP) is 4.60. The van der Waals surface area contributed by atoms with Crippen LogP contribution in [0.3, 0.4) is 0 Å². The van der Waals surface area contributed by atoms with E-state index in [0.29, 0.717) is 0 Å². The summed E-state index contributed by atoms with van der Waals surface area (Å²) in [6, 6.07) is 1.03. The first-order valence-corrected chi connectivity index (χ1v) is 11.2. The summed E-state index contributed by atoms with van der Waals surface area (Å²) in [6.07, 6.45) is 11.1. The maximum atomic E-state index is 6.15. The molecule has 0 atom stereocenters. The van der Waals surface area contributed by atoms with Crippen LogP contribution in [0.2, 0.25) is 12.6 Å². The van der Waals surface area contributed by atoms with Gasteiger partial charge >= 0.3 is 8.56 Å². The van der Waals surface area contributed by atoms with Gasteiger partial charge in [0, 0.05) is 13.2 Å². The molecule has 0 saturated carbocycles. The van der Waals surface area contributed by atoms with Gasteiger partial charge < -0.3 is 14.6 Å². The van der Waals surface area contributed by atoms with E-state index in [4.69, 9.17) is 14.6 Å². The van der Waals surface area contributed by atoms with Crippen molar-refractivity contribution in [2.45, 2.75) is 84.2 Å². The summed E-state index contributed by atoms with van der Waals surface area (Å²) in [6.45, 7) is 9.15. The van der Waals surface area contributed by atoms with Crippen molar-refractivity contribution in [3.63, 3.8) is 0 Å². The molecule has 3 nitrogen and oxygen atoms in total. The molecule has 0 aromatic carbocycles. The van der Waals surface area contributed by atoms with Crippen molar-refractivity contribution in [3.8, 4) is 0 Å². The Morgan fingerprint density at radius 3 is 1.65 bits per heavy atom. The second-order valence-corrected chi connectivity index (χ2v) is 9.19. The van der Waals surface area contributed by atoms with E-state index in [2.05, 4.69) is 20.4 Å². The SMILES string of the molecule is CCCCCCO[Si](C)(CCCN)OCCCCCC. The van der Waals surface area contributed by atoms with Crippen LogP contribution in [-0.4, -0.2) is 28.3 Å². The first kappa shape index (κ1) is 20.1. The quantitative estimate of drug-likeness (QED) is 0.355. The van der Waals surface area contributed by atoms with E-state index in [1.807, 2.05) is 0 Å². The first-order valence-electron chi connectivity index (χ1n) is 8.66. The number of rotatable bonds is 15. The molecule has 0 aliphatic carbocycles. The van der Waals surface area contributed by atoms with Crippen LogP contribution < -0.4 is 5.73 Å². The number of hydrogen-bond donors (Lipinski definition) is 1. The molecule has 0 aliphatic rings. The summed E-state index contributed by atoms with van der Waals surface area (Å²) in [4.78, 5) is 0. The van der Waals surface area contributed by atoms with Crippen LogP contribution in [0.25, 0.3) is 0 Å². The van der Waals surface area contributed by atoms with Gasteiger partial charge in [-0.05, 0) is 38.4 Å². The predicted molar refractivity (Wildman–Crippen MR) is 90.3 cm³/mol. The van der Waals surface area contributed by atoms with Gasteiger partial charge in [-0.15, -0.1) is 0 Å². The fourth-order valence-corrected chi connectivity index (χ4v) is 4.61. The average molecular weight is 304 g/mol. The molecular formula is C16H37NO2Si. The van der Waals surface area contributed by atoms with E-state index in [0.717, 1.165) is 45.1 Å². The standard InChI is InChI=1S/C16H37NO2Si/c1-4-6-8-10-14-18-20(3,16-12-13-17)19-15-11-9-7-5-2/h4-17H2,1-3H3. The van der Waals surface area contributed by atoms with E-state index in [1.54, 1.807) is 0 Å². The van der Waals surface area contributed by atoms with Gasteiger partial charge in [0.25, 0.3) is 0 Å². The van der Waals surface area contributed by atoms with Crippen molar-refractivity contribution in [3.05, 3.63) is 0 Å². The van der Waals surface area contributed by atoms with Gasteiger partial charge in [-0.1, -0.05) is 52.4 Å². The van der Waals surface area contributed by atoms with Crippen LogP contribution in [-0.2, 0) is 8.85 Å². The lowest BCUT2D eigenvalue weighted by molar-refractivity contribution is 0.166. The van der Waals surface area contributed by atoms with Crippen molar-refractivity contribution in [2.24, 2.45) is 5.73 Å². The molecule has 0 unspecified atom stereocenters. The average Bonchev–Trinajstić information content (AvgIpc) is 2.45. The Morgan fingerprint density at radius 2 is 1.25 bits per heavy atom. The van der Waals surface area contributed by atoms with E-state index >= 15 is 0 Å². The van der Waals surface area contributed by atoms with Gasteiger partial charge in [0.2, 0.25) is 0 Å². The first-order chi connectivity index (χ1) is 9.68. The van der Waals surface area contributed by atoms with Crippen LogP contribution in [0.15, 0.2) is 0 Å². The highest BCUT2D eigenvalue weighted by Gasteiger charge is 2.30. The molecule has 0 spiro atoms. The number of nitrogens with two attached hydrogens (primary N) is 1. The number of unbranched alkanes of at least 4 members (excludes halogenated alkanes) is 6. The van der Waals surface area contributed by atoms with Crippen LogP contribution in [0.5, 0.6) is 0 Å². The zero-order chi connectivity index (χ0) is 15.1. The molecule has 0 heterocycles. The van der Waals surface area contributed by atoms with Crippen LogP contribution in [0, 0.1) is 0 Å². The van der Waals surface area contributed by atoms with E-state index in [1.165, 1.54) is 38.5 Å². The van der Waals surface area contributed by atoms with E-state index in [-0.39, 0.29) is 0 Å². The summed E-state index contributed by atoms with van der Waals surface area (Å²) in [5.74, 6) is 0. The van der Waals surface area contributed by atoms with Crippen molar-refractivity contribution >= 4 is 8.56 Å². The molecule has 0 fully saturated rings. The third-order valence-electron chi connectivity index (χ3n) is 3.65. The highest BCUT2D eigenvalue weighted by Crippen LogP contribution is 2.17. The van der Waals surface area contributed by atoms with Gasteiger partial charge in [-0.2, -0.15) is 0 Å². The van der Waals surface area contributed by atoms with Crippen molar-refractivity contribution in [1.82, 2.24) is 0 Å². The van der Waals surface area contributed by atoms with Crippen LogP contribution in [0.4, 0.5) is 0 Å². The normalized spacial score (nSPS) is 12.0. The third kappa shape index (κ3) is 11.9. The molecule has 20 heavy (non-hydrogen) atoms. The van der Waals surface area contributed by atoms with Crippen molar-refractivity contribution < 1.29 is 8.85 Å². The Bertz CT molecular complexity index is 189. The lowest BCUT2D eigenvalue weighted by atomic mass is 10.2. The fraction of sp³-hybridized carbons (Fsp3) is 1.00. The maximum absolute atomic E-state index is 6.15. The highest BCUT2D eigenvalue weighted by molar-refractivity contribution is 6.66. The lowest BCUT2D eigenvalue weighted by Crippen LogP contribution is -2.39. The Labute approximate surface area is 127 Å². The van der Waals surface area contributed by atoms with Crippen molar-refractivity contribution in [1.29, 1.82) is 0 Å². The van der Waals surface area contributed by atoms with Gasteiger partial charge in [-0.3, -0.25) is 0 Å². The highest BCUT2D eigenvalue weighted by atomic mass is 28.4. The summed E-state index contributed by atoms with van der Waals surface area (Å²) in [7, 11) is -1.97.